The SMILES string of the molecule is COc1ccc(C2(C(=O)O)CC2)c(F)c1F. The van der Waals surface area contributed by atoms with E-state index in [-0.39, 0.29) is 11.3 Å². The van der Waals surface area contributed by atoms with Gasteiger partial charge in [0.2, 0.25) is 5.82 Å². The minimum absolute atomic E-state index is 0.0988. The molecule has 0 heterocycles. The van der Waals surface area contributed by atoms with Crippen molar-refractivity contribution in [3.8, 4) is 5.75 Å². The fourth-order valence-electron chi connectivity index (χ4n) is 1.78. The van der Waals surface area contributed by atoms with Crippen molar-refractivity contribution in [3.05, 3.63) is 29.3 Å². The zero-order chi connectivity index (χ0) is 11.9. The van der Waals surface area contributed by atoms with Crippen LogP contribution in [-0.2, 0) is 10.2 Å². The first-order chi connectivity index (χ1) is 7.53. The molecule has 0 unspecified atom stereocenters. The van der Waals surface area contributed by atoms with Gasteiger partial charge >= 0.3 is 5.97 Å². The van der Waals surface area contributed by atoms with Gasteiger partial charge in [-0.2, -0.15) is 4.39 Å². The second kappa shape index (κ2) is 3.43. The predicted octanol–water partition coefficient (Wildman–Crippen LogP) is 2.09. The van der Waals surface area contributed by atoms with Gasteiger partial charge in [-0.3, -0.25) is 4.79 Å². The Kier molecular flexibility index (Phi) is 2.33. The van der Waals surface area contributed by atoms with Gasteiger partial charge in [-0.25, -0.2) is 4.39 Å². The lowest BCUT2D eigenvalue weighted by molar-refractivity contribution is -0.140. The fourth-order valence-corrected chi connectivity index (χ4v) is 1.78. The van der Waals surface area contributed by atoms with Crippen LogP contribution in [-0.4, -0.2) is 18.2 Å². The maximum Gasteiger partial charge on any atom is 0.314 e. The summed E-state index contributed by atoms with van der Waals surface area (Å²) in [6.07, 6.45) is 0.677. The first-order valence-electron chi connectivity index (χ1n) is 4.79. The van der Waals surface area contributed by atoms with Gasteiger partial charge in [-0.1, -0.05) is 6.07 Å². The van der Waals surface area contributed by atoms with Crippen molar-refractivity contribution in [2.75, 3.05) is 7.11 Å². The van der Waals surface area contributed by atoms with Crippen molar-refractivity contribution in [2.24, 2.45) is 0 Å². The molecule has 0 aromatic heterocycles. The van der Waals surface area contributed by atoms with Crippen LogP contribution in [0.2, 0.25) is 0 Å². The molecule has 0 saturated heterocycles. The van der Waals surface area contributed by atoms with E-state index < -0.39 is 23.0 Å². The van der Waals surface area contributed by atoms with E-state index in [0.717, 1.165) is 0 Å². The molecule has 1 aliphatic carbocycles. The van der Waals surface area contributed by atoms with Crippen molar-refractivity contribution in [2.45, 2.75) is 18.3 Å². The normalized spacial score (nSPS) is 16.9. The molecule has 1 fully saturated rings. The van der Waals surface area contributed by atoms with Crippen LogP contribution in [0.1, 0.15) is 18.4 Å². The summed E-state index contributed by atoms with van der Waals surface area (Å²) in [5.41, 5.74) is -1.34. The summed E-state index contributed by atoms with van der Waals surface area (Å²) < 4.78 is 31.6. The molecule has 1 aromatic carbocycles. The number of methoxy groups -OCH3 is 1. The highest BCUT2D eigenvalue weighted by Gasteiger charge is 2.53. The van der Waals surface area contributed by atoms with Crippen molar-refractivity contribution in [1.82, 2.24) is 0 Å². The molecule has 0 atom stereocenters. The lowest BCUT2D eigenvalue weighted by Gasteiger charge is -2.13. The average Bonchev–Trinajstić information content (AvgIpc) is 3.03. The summed E-state index contributed by atoms with van der Waals surface area (Å²) in [6.45, 7) is 0. The van der Waals surface area contributed by atoms with E-state index in [9.17, 15) is 13.6 Å². The Morgan fingerprint density at radius 3 is 2.44 bits per heavy atom. The maximum absolute atomic E-state index is 13.6. The highest BCUT2D eigenvalue weighted by molar-refractivity contribution is 5.85. The molecule has 1 aromatic rings. The quantitative estimate of drug-likeness (QED) is 0.861. The standard InChI is InChI=1S/C11H10F2O3/c1-16-7-3-2-6(8(12)9(7)13)11(4-5-11)10(14)15/h2-3H,4-5H2,1H3,(H,14,15). The molecule has 2 rings (SSSR count). The minimum Gasteiger partial charge on any atom is -0.494 e. The largest absolute Gasteiger partial charge is 0.494 e. The third-order valence-electron chi connectivity index (χ3n) is 2.94. The van der Waals surface area contributed by atoms with E-state index in [2.05, 4.69) is 4.74 Å². The monoisotopic (exact) mass is 228 g/mol. The number of carboxylic acid groups (broad SMARTS) is 1. The Balaban J connectivity index is 2.52. The highest BCUT2D eigenvalue weighted by atomic mass is 19.2. The number of hydrogen-bond donors (Lipinski definition) is 1. The molecule has 1 N–H and O–H groups in total. The van der Waals surface area contributed by atoms with Gasteiger partial charge in [-0.05, 0) is 18.9 Å². The Bertz CT molecular complexity index is 453. The van der Waals surface area contributed by atoms with E-state index in [1.165, 1.54) is 19.2 Å². The number of ether oxygens (including phenoxy) is 1. The second-order valence-electron chi connectivity index (χ2n) is 3.83. The van der Waals surface area contributed by atoms with E-state index in [1.54, 1.807) is 0 Å². The van der Waals surface area contributed by atoms with Crippen molar-refractivity contribution < 1.29 is 23.4 Å². The first kappa shape index (κ1) is 10.9. The van der Waals surface area contributed by atoms with Crippen LogP contribution in [0.15, 0.2) is 12.1 Å². The van der Waals surface area contributed by atoms with Crippen LogP contribution in [0.25, 0.3) is 0 Å². The number of rotatable bonds is 3. The fraction of sp³-hybridized carbons (Fsp3) is 0.364. The number of benzene rings is 1. The van der Waals surface area contributed by atoms with E-state index >= 15 is 0 Å². The first-order valence-corrected chi connectivity index (χ1v) is 4.79. The van der Waals surface area contributed by atoms with Crippen molar-refractivity contribution in [3.63, 3.8) is 0 Å². The summed E-state index contributed by atoms with van der Waals surface area (Å²) in [4.78, 5) is 11.0. The van der Waals surface area contributed by atoms with Crippen LogP contribution < -0.4 is 4.74 Å². The second-order valence-corrected chi connectivity index (χ2v) is 3.83. The molecule has 0 radical (unpaired) electrons. The molecule has 1 aliphatic rings. The Morgan fingerprint density at radius 1 is 1.38 bits per heavy atom. The van der Waals surface area contributed by atoms with Crippen LogP contribution in [0, 0.1) is 11.6 Å². The van der Waals surface area contributed by atoms with Gasteiger partial charge in [0.25, 0.3) is 0 Å². The number of hydrogen-bond acceptors (Lipinski definition) is 2. The number of carbonyl (C=O) groups is 1. The molecule has 0 bridgehead atoms. The molecule has 1 saturated carbocycles. The van der Waals surface area contributed by atoms with Crippen LogP contribution >= 0.6 is 0 Å². The van der Waals surface area contributed by atoms with Gasteiger partial charge < -0.3 is 9.84 Å². The highest BCUT2D eigenvalue weighted by Crippen LogP contribution is 2.50. The maximum atomic E-state index is 13.6. The predicted molar refractivity (Wildman–Crippen MR) is 51.5 cm³/mol. The Hall–Kier alpha value is -1.65. The topological polar surface area (TPSA) is 46.5 Å². The van der Waals surface area contributed by atoms with Crippen molar-refractivity contribution in [1.29, 1.82) is 0 Å². The summed E-state index contributed by atoms with van der Waals surface area (Å²) in [5.74, 6) is -3.59. The minimum atomic E-state index is -1.24. The number of carboxylic acids is 1. The molecule has 86 valence electrons. The van der Waals surface area contributed by atoms with E-state index in [4.69, 9.17) is 5.11 Å². The van der Waals surface area contributed by atoms with Crippen molar-refractivity contribution >= 4 is 5.97 Å². The van der Waals surface area contributed by atoms with Gasteiger partial charge in [0.1, 0.15) is 0 Å². The third kappa shape index (κ3) is 1.35. The molecule has 5 heteroatoms. The van der Waals surface area contributed by atoms with Gasteiger partial charge in [0.05, 0.1) is 12.5 Å². The summed E-state index contributed by atoms with van der Waals surface area (Å²) in [7, 11) is 1.22. The van der Waals surface area contributed by atoms with Crippen LogP contribution in [0.4, 0.5) is 8.78 Å². The molecule has 3 nitrogen and oxygen atoms in total. The number of aliphatic carboxylic acids is 1. The lowest BCUT2D eigenvalue weighted by Crippen LogP contribution is -2.21. The van der Waals surface area contributed by atoms with Gasteiger partial charge in [0, 0.05) is 5.56 Å². The summed E-state index contributed by atoms with van der Waals surface area (Å²) in [6, 6.07) is 2.52. The van der Waals surface area contributed by atoms with Crippen LogP contribution in [0.3, 0.4) is 0 Å². The van der Waals surface area contributed by atoms with Crippen LogP contribution in [0.5, 0.6) is 5.75 Å². The molecular weight excluding hydrogens is 218 g/mol. The molecule has 0 amide bonds. The van der Waals surface area contributed by atoms with E-state index in [0.29, 0.717) is 12.8 Å². The summed E-state index contributed by atoms with van der Waals surface area (Å²) in [5, 5.41) is 8.98. The number of halogens is 2. The molecule has 0 aliphatic heterocycles. The van der Waals surface area contributed by atoms with E-state index in [1.807, 2.05) is 0 Å². The average molecular weight is 228 g/mol. The van der Waals surface area contributed by atoms with Gasteiger partial charge in [-0.15, -0.1) is 0 Å². The zero-order valence-electron chi connectivity index (χ0n) is 8.59. The molecule has 0 spiro atoms. The molecular formula is C11H10F2O3. The zero-order valence-corrected chi connectivity index (χ0v) is 8.59. The Labute approximate surface area is 90.7 Å². The molecule has 16 heavy (non-hydrogen) atoms. The Morgan fingerprint density at radius 2 is 2.00 bits per heavy atom. The smallest absolute Gasteiger partial charge is 0.314 e. The lowest BCUT2D eigenvalue weighted by atomic mass is 9.95. The summed E-state index contributed by atoms with van der Waals surface area (Å²) >= 11 is 0. The third-order valence-corrected chi connectivity index (χ3v) is 2.94. The van der Waals surface area contributed by atoms with Gasteiger partial charge in [0.15, 0.2) is 11.6 Å².